The molecule has 0 amide bonds. The summed E-state index contributed by atoms with van der Waals surface area (Å²) in [6.45, 7) is 2.49. The maximum atomic E-state index is 12.9. The van der Waals surface area contributed by atoms with Crippen molar-refractivity contribution in [2.45, 2.75) is 23.6 Å². The average Bonchev–Trinajstić information content (AvgIpc) is 2.95. The largest absolute Gasteiger partial charge is 0.380 e. The van der Waals surface area contributed by atoms with Gasteiger partial charge in [-0.05, 0) is 24.6 Å². The fraction of sp³-hybridized carbons (Fsp3) is 0.538. The van der Waals surface area contributed by atoms with Gasteiger partial charge in [0.2, 0.25) is 0 Å². The molecule has 1 aliphatic carbocycles. The van der Waals surface area contributed by atoms with Gasteiger partial charge in [0.1, 0.15) is 5.82 Å². The number of ether oxygens (including phenoxy) is 1. The highest BCUT2D eigenvalue weighted by molar-refractivity contribution is 7.91. The summed E-state index contributed by atoms with van der Waals surface area (Å²) in [5.41, 5.74) is 6.00. The van der Waals surface area contributed by atoms with Gasteiger partial charge in [-0.25, -0.2) is 12.8 Å². The smallest absolute Gasteiger partial charge is 0.152 e. The zero-order valence-corrected chi connectivity index (χ0v) is 11.8. The second-order valence-electron chi connectivity index (χ2n) is 5.03. The first-order chi connectivity index (χ1) is 8.80. The molecule has 0 saturated heterocycles. The Balaban J connectivity index is 2.30. The first-order valence-electron chi connectivity index (χ1n) is 6.11. The van der Waals surface area contributed by atoms with Gasteiger partial charge in [-0.2, -0.15) is 0 Å². The molecule has 1 aromatic rings. The van der Waals surface area contributed by atoms with Crippen molar-refractivity contribution in [3.8, 4) is 0 Å². The maximum Gasteiger partial charge on any atom is 0.152 e. The number of hydrogen-bond acceptors (Lipinski definition) is 4. The molecule has 4 nitrogen and oxygen atoms in total. The third-order valence-corrected chi connectivity index (χ3v) is 5.18. The molecule has 1 fully saturated rings. The van der Waals surface area contributed by atoms with Crippen molar-refractivity contribution in [3.63, 3.8) is 0 Å². The van der Waals surface area contributed by atoms with E-state index in [2.05, 4.69) is 0 Å². The van der Waals surface area contributed by atoms with E-state index in [9.17, 15) is 12.8 Å². The quantitative estimate of drug-likeness (QED) is 0.879. The maximum absolute atomic E-state index is 12.9. The third kappa shape index (κ3) is 2.66. The van der Waals surface area contributed by atoms with Crippen molar-refractivity contribution in [2.75, 3.05) is 19.5 Å². The molecule has 0 radical (unpaired) electrons. The highest BCUT2D eigenvalue weighted by atomic mass is 32.2. The van der Waals surface area contributed by atoms with Crippen molar-refractivity contribution in [2.24, 2.45) is 5.73 Å². The van der Waals surface area contributed by atoms with Crippen LogP contribution in [0.2, 0.25) is 0 Å². The molecular formula is C13H18FNO3S. The first kappa shape index (κ1) is 14.4. The van der Waals surface area contributed by atoms with E-state index in [1.807, 2.05) is 6.92 Å². The fourth-order valence-corrected chi connectivity index (χ4v) is 4.51. The molecule has 106 valence electrons. The van der Waals surface area contributed by atoms with Crippen LogP contribution in [0, 0.1) is 5.82 Å². The molecule has 1 aliphatic rings. The zero-order valence-electron chi connectivity index (χ0n) is 11.0. The Hall–Kier alpha value is -0.980. The van der Waals surface area contributed by atoms with E-state index in [1.54, 1.807) is 12.1 Å². The van der Waals surface area contributed by atoms with Crippen molar-refractivity contribution >= 4 is 9.84 Å². The van der Waals surface area contributed by atoms with Gasteiger partial charge in [-0.1, -0.05) is 12.1 Å². The summed E-state index contributed by atoms with van der Waals surface area (Å²) in [6, 6.07) is 5.79. The number of hydrogen-bond donors (Lipinski definition) is 1. The van der Waals surface area contributed by atoms with Crippen LogP contribution >= 0.6 is 0 Å². The minimum absolute atomic E-state index is 0.184. The lowest BCUT2D eigenvalue weighted by molar-refractivity contribution is 0.125. The molecule has 0 aromatic heterocycles. The summed E-state index contributed by atoms with van der Waals surface area (Å²) < 4.78 is 41.8. The fourth-order valence-electron chi connectivity index (χ4n) is 2.67. The highest BCUT2D eigenvalue weighted by Gasteiger charge is 2.68. The Labute approximate surface area is 112 Å². The molecule has 0 aliphatic heterocycles. The molecule has 0 unspecified atom stereocenters. The van der Waals surface area contributed by atoms with Crippen LogP contribution in [0.4, 0.5) is 4.39 Å². The van der Waals surface area contributed by atoms with Gasteiger partial charge in [0.05, 0.1) is 17.4 Å². The first-order valence-corrected chi connectivity index (χ1v) is 8.07. The molecule has 0 bridgehead atoms. The van der Waals surface area contributed by atoms with Crippen LogP contribution in [0.5, 0.6) is 0 Å². The molecule has 0 spiro atoms. The van der Waals surface area contributed by atoms with E-state index >= 15 is 0 Å². The number of sulfone groups is 1. The normalized spacial score (nSPS) is 30.3. The van der Waals surface area contributed by atoms with Crippen LogP contribution in [0.1, 0.15) is 18.4 Å². The molecule has 1 aromatic carbocycles. The van der Waals surface area contributed by atoms with Crippen LogP contribution in [0.3, 0.4) is 0 Å². The number of benzene rings is 1. The molecule has 3 atom stereocenters. The Morgan fingerprint density at radius 2 is 1.95 bits per heavy atom. The molecular weight excluding hydrogens is 269 g/mol. The van der Waals surface area contributed by atoms with Gasteiger partial charge in [0.15, 0.2) is 9.84 Å². The monoisotopic (exact) mass is 287 g/mol. The van der Waals surface area contributed by atoms with Crippen LogP contribution in [-0.2, 0) is 14.6 Å². The number of nitrogens with two attached hydrogens (primary N) is 1. The molecule has 2 rings (SSSR count). The van der Waals surface area contributed by atoms with Gasteiger partial charge in [0.25, 0.3) is 0 Å². The van der Waals surface area contributed by atoms with Crippen LogP contribution in [0.15, 0.2) is 24.3 Å². The lowest BCUT2D eigenvalue weighted by Crippen LogP contribution is -2.36. The molecule has 19 heavy (non-hydrogen) atoms. The molecule has 2 N–H and O–H groups in total. The molecule has 6 heteroatoms. The SMILES string of the molecule is CCOC[C@@]1(N)[C@H](S(C)(=O)=O)[C@@H]1c1ccc(F)cc1. The lowest BCUT2D eigenvalue weighted by Gasteiger charge is -2.11. The third-order valence-electron chi connectivity index (χ3n) is 3.55. The van der Waals surface area contributed by atoms with E-state index < -0.39 is 20.6 Å². The highest BCUT2D eigenvalue weighted by Crippen LogP contribution is 2.53. The average molecular weight is 287 g/mol. The Bertz CT molecular complexity index is 558. The second-order valence-corrected chi connectivity index (χ2v) is 7.20. The summed E-state index contributed by atoms with van der Waals surface area (Å²) in [6.07, 6.45) is 1.18. The number of rotatable bonds is 5. The minimum atomic E-state index is -3.27. The van der Waals surface area contributed by atoms with Crippen LogP contribution < -0.4 is 5.73 Å². The lowest BCUT2D eigenvalue weighted by atomic mass is 10.1. The van der Waals surface area contributed by atoms with E-state index in [4.69, 9.17) is 10.5 Å². The van der Waals surface area contributed by atoms with Crippen LogP contribution in [-0.4, -0.2) is 38.7 Å². The molecule has 0 heterocycles. The van der Waals surface area contributed by atoms with E-state index in [0.29, 0.717) is 6.61 Å². The number of halogens is 1. The van der Waals surface area contributed by atoms with Crippen molar-refractivity contribution in [1.82, 2.24) is 0 Å². The predicted molar refractivity (Wildman–Crippen MR) is 71.2 cm³/mol. The minimum Gasteiger partial charge on any atom is -0.380 e. The summed E-state index contributed by atoms with van der Waals surface area (Å²) in [5, 5.41) is -0.669. The zero-order chi connectivity index (χ0) is 14.3. The van der Waals surface area contributed by atoms with Gasteiger partial charge in [-0.15, -0.1) is 0 Å². The Morgan fingerprint density at radius 3 is 2.42 bits per heavy atom. The van der Waals surface area contributed by atoms with E-state index in [0.717, 1.165) is 5.56 Å². The van der Waals surface area contributed by atoms with E-state index in [-0.39, 0.29) is 18.3 Å². The summed E-state index contributed by atoms with van der Waals surface area (Å²) in [4.78, 5) is 0. The second kappa shape index (κ2) is 4.85. The van der Waals surface area contributed by atoms with Gasteiger partial charge >= 0.3 is 0 Å². The van der Waals surface area contributed by atoms with Crippen molar-refractivity contribution in [3.05, 3.63) is 35.6 Å². The van der Waals surface area contributed by atoms with Crippen LogP contribution in [0.25, 0.3) is 0 Å². The predicted octanol–water partition coefficient (Wildman–Crippen LogP) is 1.07. The van der Waals surface area contributed by atoms with Gasteiger partial charge in [0, 0.05) is 18.8 Å². The Morgan fingerprint density at radius 1 is 1.37 bits per heavy atom. The summed E-state index contributed by atoms with van der Waals surface area (Å²) in [5.74, 6) is -0.692. The molecule has 1 saturated carbocycles. The van der Waals surface area contributed by atoms with E-state index in [1.165, 1.54) is 18.4 Å². The van der Waals surface area contributed by atoms with Gasteiger partial charge in [-0.3, -0.25) is 0 Å². The van der Waals surface area contributed by atoms with Crippen molar-refractivity contribution in [1.29, 1.82) is 0 Å². The van der Waals surface area contributed by atoms with Gasteiger partial charge < -0.3 is 10.5 Å². The summed E-state index contributed by atoms with van der Waals surface area (Å²) >= 11 is 0. The standard InChI is InChI=1S/C13H18FNO3S/c1-3-18-8-13(15)11(12(13)19(2,16)17)9-4-6-10(14)7-5-9/h4-7,11-12H,3,8,15H2,1-2H3/t11-,12+,13-/m0/s1. The topological polar surface area (TPSA) is 69.4 Å². The summed E-state index contributed by atoms with van der Waals surface area (Å²) in [7, 11) is -3.27. The Kier molecular flexibility index (Phi) is 3.68. The van der Waals surface area contributed by atoms with Crippen molar-refractivity contribution < 1.29 is 17.5 Å².